The minimum absolute atomic E-state index is 0.167. The van der Waals surface area contributed by atoms with Gasteiger partial charge in [0, 0.05) is 44.6 Å². The van der Waals surface area contributed by atoms with E-state index in [1.165, 1.54) is 6.20 Å². The predicted octanol–water partition coefficient (Wildman–Crippen LogP) is 1.12. The molecule has 1 amide bonds. The third-order valence-electron chi connectivity index (χ3n) is 4.59. The van der Waals surface area contributed by atoms with Gasteiger partial charge in [-0.25, -0.2) is 9.97 Å². The number of carbonyl (C=O) groups excluding carboxylic acids is 1. The van der Waals surface area contributed by atoms with E-state index in [1.54, 1.807) is 17.3 Å². The first-order chi connectivity index (χ1) is 11.8. The number of hydrogen-bond donors (Lipinski definition) is 0. The van der Waals surface area contributed by atoms with Crippen LogP contribution in [0.25, 0.3) is 0 Å². The van der Waals surface area contributed by atoms with Gasteiger partial charge >= 0.3 is 0 Å². The zero-order valence-corrected chi connectivity index (χ0v) is 13.2. The molecule has 0 aromatic carbocycles. The number of rotatable bonds is 3. The fourth-order valence-electron chi connectivity index (χ4n) is 3.38. The number of nitriles is 1. The summed E-state index contributed by atoms with van der Waals surface area (Å²) in [7, 11) is 0. The summed E-state index contributed by atoms with van der Waals surface area (Å²) in [6.07, 6.45) is 9.28. The Bertz CT molecular complexity index is 809. The summed E-state index contributed by atoms with van der Waals surface area (Å²) < 4.78 is 1.92. The maximum atomic E-state index is 11.8. The number of amides is 1. The highest BCUT2D eigenvalue weighted by Gasteiger charge is 2.29. The van der Waals surface area contributed by atoms with Crippen LogP contribution in [0.2, 0.25) is 0 Å². The van der Waals surface area contributed by atoms with Gasteiger partial charge in [0.25, 0.3) is 0 Å². The van der Waals surface area contributed by atoms with E-state index in [9.17, 15) is 10.1 Å². The first kappa shape index (κ1) is 14.6. The lowest BCUT2D eigenvalue weighted by Crippen LogP contribution is -2.24. The van der Waals surface area contributed by atoms with E-state index < -0.39 is 0 Å². The van der Waals surface area contributed by atoms with Crippen LogP contribution in [-0.4, -0.2) is 45.3 Å². The molecule has 1 unspecified atom stereocenters. The van der Waals surface area contributed by atoms with Crippen molar-refractivity contribution in [3.63, 3.8) is 0 Å². The molecule has 8 heteroatoms. The van der Waals surface area contributed by atoms with Crippen molar-refractivity contribution in [2.75, 3.05) is 29.4 Å². The molecule has 2 aliphatic heterocycles. The third kappa shape index (κ3) is 2.48. The van der Waals surface area contributed by atoms with Crippen LogP contribution in [-0.2, 0) is 4.79 Å². The molecule has 24 heavy (non-hydrogen) atoms. The summed E-state index contributed by atoms with van der Waals surface area (Å²) in [6.45, 7) is 2.30. The second kappa shape index (κ2) is 5.92. The van der Waals surface area contributed by atoms with E-state index in [1.807, 2.05) is 10.9 Å². The summed E-state index contributed by atoms with van der Waals surface area (Å²) >= 11 is 0. The topological polar surface area (TPSA) is 90.9 Å². The van der Waals surface area contributed by atoms with Crippen molar-refractivity contribution in [3.8, 4) is 6.07 Å². The van der Waals surface area contributed by atoms with E-state index in [2.05, 4.69) is 26.0 Å². The molecule has 2 fully saturated rings. The highest BCUT2D eigenvalue weighted by molar-refractivity contribution is 5.95. The molecule has 0 saturated carbocycles. The summed E-state index contributed by atoms with van der Waals surface area (Å²) in [5.74, 6) is 0.797. The van der Waals surface area contributed by atoms with Crippen molar-refractivity contribution < 1.29 is 4.79 Å². The minimum Gasteiger partial charge on any atom is -0.352 e. The first-order valence-electron chi connectivity index (χ1n) is 8.07. The molecular formula is C16H17N7O. The van der Waals surface area contributed by atoms with E-state index in [0.29, 0.717) is 17.9 Å². The quantitative estimate of drug-likeness (QED) is 0.841. The molecule has 2 aromatic rings. The zero-order valence-electron chi connectivity index (χ0n) is 13.2. The standard InChI is InChI=1S/C16H17N7O/c17-8-14-16(19-5-4-18-14)21-7-3-12(10-21)23-11-13(9-20-23)22-6-1-2-15(22)24/h4-5,9,11-12H,1-3,6-7,10H2. The Morgan fingerprint density at radius 3 is 2.92 bits per heavy atom. The number of aromatic nitrogens is 4. The van der Waals surface area contributed by atoms with Crippen molar-refractivity contribution in [2.24, 2.45) is 0 Å². The van der Waals surface area contributed by atoms with Crippen LogP contribution in [0.1, 0.15) is 31.0 Å². The Balaban J connectivity index is 1.50. The monoisotopic (exact) mass is 323 g/mol. The molecule has 8 nitrogen and oxygen atoms in total. The van der Waals surface area contributed by atoms with Gasteiger partial charge in [0.15, 0.2) is 11.5 Å². The Kier molecular flexibility index (Phi) is 3.61. The third-order valence-corrected chi connectivity index (χ3v) is 4.59. The number of nitrogens with zero attached hydrogens (tertiary/aromatic N) is 7. The molecule has 0 N–H and O–H groups in total. The highest BCUT2D eigenvalue weighted by atomic mass is 16.2. The fraction of sp³-hybridized carbons (Fsp3) is 0.438. The molecule has 0 aliphatic carbocycles. The van der Waals surface area contributed by atoms with Crippen LogP contribution in [0.15, 0.2) is 24.8 Å². The first-order valence-corrected chi connectivity index (χ1v) is 8.07. The van der Waals surface area contributed by atoms with Crippen molar-refractivity contribution in [1.29, 1.82) is 5.26 Å². The Labute approximate surface area is 139 Å². The lowest BCUT2D eigenvalue weighted by atomic mass is 10.3. The highest BCUT2D eigenvalue weighted by Crippen LogP contribution is 2.28. The molecule has 4 heterocycles. The fourth-order valence-corrected chi connectivity index (χ4v) is 3.38. The van der Waals surface area contributed by atoms with Crippen LogP contribution in [0.4, 0.5) is 11.5 Å². The Morgan fingerprint density at radius 2 is 2.12 bits per heavy atom. The van der Waals surface area contributed by atoms with E-state index in [0.717, 1.165) is 38.2 Å². The number of anilines is 2. The summed E-state index contributed by atoms with van der Waals surface area (Å²) in [5.41, 5.74) is 1.22. The summed E-state index contributed by atoms with van der Waals surface area (Å²) in [4.78, 5) is 24.1. The molecule has 0 spiro atoms. The van der Waals surface area contributed by atoms with E-state index in [4.69, 9.17) is 0 Å². The van der Waals surface area contributed by atoms with Crippen molar-refractivity contribution in [1.82, 2.24) is 19.7 Å². The van der Waals surface area contributed by atoms with Crippen LogP contribution in [0.3, 0.4) is 0 Å². The van der Waals surface area contributed by atoms with Gasteiger partial charge in [-0.3, -0.25) is 9.48 Å². The predicted molar refractivity (Wildman–Crippen MR) is 86.4 cm³/mol. The van der Waals surface area contributed by atoms with Crippen LogP contribution in [0.5, 0.6) is 0 Å². The summed E-state index contributed by atoms with van der Waals surface area (Å²) in [6, 6.07) is 2.29. The van der Waals surface area contributed by atoms with Crippen LogP contribution >= 0.6 is 0 Å². The van der Waals surface area contributed by atoms with Crippen molar-refractivity contribution in [2.45, 2.75) is 25.3 Å². The van der Waals surface area contributed by atoms with Crippen LogP contribution < -0.4 is 9.80 Å². The molecule has 4 rings (SSSR count). The molecular weight excluding hydrogens is 306 g/mol. The normalized spacial score (nSPS) is 20.6. The van der Waals surface area contributed by atoms with Gasteiger partial charge < -0.3 is 9.80 Å². The second-order valence-electron chi connectivity index (χ2n) is 6.06. The minimum atomic E-state index is 0.167. The average molecular weight is 323 g/mol. The molecule has 1 atom stereocenters. The maximum absolute atomic E-state index is 11.8. The molecule has 0 bridgehead atoms. The molecule has 0 radical (unpaired) electrons. The van der Waals surface area contributed by atoms with E-state index >= 15 is 0 Å². The summed E-state index contributed by atoms with van der Waals surface area (Å²) in [5, 5.41) is 13.6. The Morgan fingerprint density at radius 1 is 1.25 bits per heavy atom. The molecule has 2 saturated heterocycles. The smallest absolute Gasteiger partial charge is 0.227 e. The van der Waals surface area contributed by atoms with Crippen LogP contribution in [0, 0.1) is 11.3 Å². The van der Waals surface area contributed by atoms with Gasteiger partial charge in [-0.2, -0.15) is 10.4 Å². The SMILES string of the molecule is N#Cc1nccnc1N1CCC(n2cc(N3CCCC3=O)cn2)C1. The van der Waals surface area contributed by atoms with Gasteiger partial charge in [-0.05, 0) is 12.8 Å². The molecule has 2 aliphatic rings. The average Bonchev–Trinajstić information content (AvgIpc) is 3.34. The van der Waals surface area contributed by atoms with Gasteiger partial charge in [0.2, 0.25) is 5.91 Å². The molecule has 2 aromatic heterocycles. The van der Waals surface area contributed by atoms with Gasteiger partial charge in [-0.1, -0.05) is 0 Å². The lowest BCUT2D eigenvalue weighted by molar-refractivity contribution is -0.117. The largest absolute Gasteiger partial charge is 0.352 e. The maximum Gasteiger partial charge on any atom is 0.227 e. The zero-order chi connectivity index (χ0) is 16.5. The van der Waals surface area contributed by atoms with Crippen molar-refractivity contribution >= 4 is 17.4 Å². The van der Waals surface area contributed by atoms with E-state index in [-0.39, 0.29) is 11.9 Å². The lowest BCUT2D eigenvalue weighted by Gasteiger charge is -2.18. The van der Waals surface area contributed by atoms with Gasteiger partial charge in [0.05, 0.1) is 17.9 Å². The van der Waals surface area contributed by atoms with Gasteiger partial charge in [0.1, 0.15) is 6.07 Å². The molecule has 122 valence electrons. The van der Waals surface area contributed by atoms with Gasteiger partial charge in [-0.15, -0.1) is 0 Å². The van der Waals surface area contributed by atoms with Crippen molar-refractivity contribution in [3.05, 3.63) is 30.5 Å². The Hall–Kier alpha value is -2.95. The number of hydrogen-bond acceptors (Lipinski definition) is 6. The second-order valence-corrected chi connectivity index (χ2v) is 6.06. The number of carbonyl (C=O) groups is 1.